The maximum absolute atomic E-state index is 12.2. The van der Waals surface area contributed by atoms with Crippen molar-refractivity contribution in [2.45, 2.75) is 58.3 Å². The number of nitrogens with zero attached hydrogens (tertiary/aromatic N) is 1. The van der Waals surface area contributed by atoms with Crippen LogP contribution >= 0.6 is 0 Å². The average molecular weight is 366 g/mol. The number of benzene rings is 1. The number of hydrogen-bond acceptors (Lipinski definition) is 4. The Labute approximate surface area is 152 Å². The van der Waals surface area contributed by atoms with E-state index in [-0.39, 0.29) is 17.2 Å². The molecule has 1 aromatic carbocycles. The summed E-state index contributed by atoms with van der Waals surface area (Å²) in [4.78, 5) is 13.9. The monoisotopic (exact) mass is 365 g/mol. The van der Waals surface area contributed by atoms with Gasteiger partial charge in [0.25, 0.3) is 0 Å². The van der Waals surface area contributed by atoms with Crippen molar-refractivity contribution < 1.29 is 18.7 Å². The lowest BCUT2D eigenvalue weighted by Crippen LogP contribution is -2.42. The molecule has 1 atom stereocenters. The molecule has 0 spiro atoms. The zero-order valence-corrected chi connectivity index (χ0v) is 17.3. The molecule has 1 amide bonds. The van der Waals surface area contributed by atoms with E-state index in [1.165, 1.54) is 0 Å². The summed E-state index contributed by atoms with van der Waals surface area (Å²) in [6.45, 7) is 14.8. The van der Waals surface area contributed by atoms with Crippen LogP contribution in [0.25, 0.3) is 0 Å². The maximum Gasteiger partial charge on any atom is 0.414 e. The van der Waals surface area contributed by atoms with Crippen molar-refractivity contribution in [2.75, 3.05) is 24.7 Å². The minimum Gasteiger partial charge on any atom is -0.494 e. The van der Waals surface area contributed by atoms with Crippen LogP contribution < -0.4 is 9.64 Å². The predicted octanol–water partition coefficient (Wildman–Crippen LogP) is 4.82. The SMILES string of the molecule is CCOc1ccc(N2C(=O)OC[C@@H]2CCO[Si](C)(C)C(C)(C)C)cc1. The van der Waals surface area contributed by atoms with Gasteiger partial charge in [-0.2, -0.15) is 0 Å². The summed E-state index contributed by atoms with van der Waals surface area (Å²) in [5.74, 6) is 0.802. The van der Waals surface area contributed by atoms with Crippen LogP contribution in [0, 0.1) is 0 Å². The summed E-state index contributed by atoms with van der Waals surface area (Å²) < 4.78 is 17.0. The van der Waals surface area contributed by atoms with Crippen molar-refractivity contribution in [3.8, 4) is 5.75 Å². The number of ether oxygens (including phenoxy) is 2. The third-order valence-corrected chi connectivity index (χ3v) is 9.65. The molecule has 1 heterocycles. The second kappa shape index (κ2) is 7.79. The standard InChI is InChI=1S/C19H31NO4Si/c1-7-22-17-10-8-15(9-11-17)20-16(14-23-18(20)21)12-13-24-25(5,6)19(2,3)4/h8-11,16H,7,12-14H2,1-6H3/t16-/m0/s1. The molecule has 0 aromatic heterocycles. The largest absolute Gasteiger partial charge is 0.494 e. The number of cyclic esters (lactones) is 1. The first kappa shape index (κ1) is 19.8. The van der Waals surface area contributed by atoms with Crippen molar-refractivity contribution >= 4 is 20.1 Å². The highest BCUT2D eigenvalue weighted by atomic mass is 28.4. The van der Waals surface area contributed by atoms with Crippen LogP contribution in [0.4, 0.5) is 10.5 Å². The lowest BCUT2D eigenvalue weighted by molar-refractivity contribution is 0.177. The average Bonchev–Trinajstić information content (AvgIpc) is 2.88. The summed E-state index contributed by atoms with van der Waals surface area (Å²) in [5.41, 5.74) is 0.836. The Morgan fingerprint density at radius 1 is 1.24 bits per heavy atom. The van der Waals surface area contributed by atoms with E-state index in [9.17, 15) is 4.79 Å². The molecule has 1 saturated heterocycles. The van der Waals surface area contributed by atoms with Crippen molar-refractivity contribution in [3.63, 3.8) is 0 Å². The number of carbonyl (C=O) groups is 1. The lowest BCUT2D eigenvalue weighted by atomic mass is 10.2. The maximum atomic E-state index is 12.2. The van der Waals surface area contributed by atoms with Gasteiger partial charge in [0.15, 0.2) is 8.32 Å². The number of rotatable bonds is 7. The fourth-order valence-corrected chi connectivity index (χ4v) is 3.59. The molecule has 0 saturated carbocycles. The second-order valence-corrected chi connectivity index (χ2v) is 12.7. The highest BCUT2D eigenvalue weighted by molar-refractivity contribution is 6.74. The van der Waals surface area contributed by atoms with Gasteiger partial charge in [-0.3, -0.25) is 4.90 Å². The van der Waals surface area contributed by atoms with E-state index in [0.29, 0.717) is 19.8 Å². The second-order valence-electron chi connectivity index (χ2n) is 7.93. The molecular weight excluding hydrogens is 334 g/mol. The normalized spacial score (nSPS) is 18.4. The van der Waals surface area contributed by atoms with Crippen LogP contribution in [-0.2, 0) is 9.16 Å². The molecule has 5 nitrogen and oxygen atoms in total. The van der Waals surface area contributed by atoms with Gasteiger partial charge < -0.3 is 13.9 Å². The van der Waals surface area contributed by atoms with Crippen molar-refractivity contribution in [2.24, 2.45) is 0 Å². The van der Waals surface area contributed by atoms with E-state index in [2.05, 4.69) is 33.9 Å². The molecule has 1 aliphatic heterocycles. The van der Waals surface area contributed by atoms with Crippen LogP contribution in [0.15, 0.2) is 24.3 Å². The van der Waals surface area contributed by atoms with E-state index < -0.39 is 8.32 Å². The minimum absolute atomic E-state index is 0.00946. The fraction of sp³-hybridized carbons (Fsp3) is 0.632. The molecule has 0 unspecified atom stereocenters. The number of anilines is 1. The summed E-state index contributed by atoms with van der Waals surface area (Å²) in [6.07, 6.45) is 0.479. The highest BCUT2D eigenvalue weighted by Crippen LogP contribution is 2.37. The van der Waals surface area contributed by atoms with Crippen LogP contribution in [0.5, 0.6) is 5.75 Å². The van der Waals surface area contributed by atoms with E-state index in [1.807, 2.05) is 31.2 Å². The van der Waals surface area contributed by atoms with Gasteiger partial charge in [0, 0.05) is 12.3 Å². The molecule has 140 valence electrons. The molecule has 1 aliphatic rings. The zero-order chi connectivity index (χ0) is 18.7. The van der Waals surface area contributed by atoms with Crippen LogP contribution in [0.3, 0.4) is 0 Å². The van der Waals surface area contributed by atoms with Crippen LogP contribution in [-0.4, -0.2) is 40.3 Å². The highest BCUT2D eigenvalue weighted by Gasteiger charge is 2.38. The zero-order valence-electron chi connectivity index (χ0n) is 16.3. The minimum atomic E-state index is -1.77. The van der Waals surface area contributed by atoms with E-state index in [4.69, 9.17) is 13.9 Å². The van der Waals surface area contributed by atoms with Gasteiger partial charge in [-0.05, 0) is 55.7 Å². The molecule has 1 aromatic rings. The molecule has 0 aliphatic carbocycles. The Hall–Kier alpha value is -1.53. The number of carbonyl (C=O) groups excluding carboxylic acids is 1. The molecule has 25 heavy (non-hydrogen) atoms. The first-order valence-electron chi connectivity index (χ1n) is 8.98. The first-order valence-corrected chi connectivity index (χ1v) is 11.9. The van der Waals surface area contributed by atoms with Crippen molar-refractivity contribution in [1.82, 2.24) is 0 Å². The molecule has 6 heteroatoms. The van der Waals surface area contributed by atoms with Gasteiger partial charge in [-0.15, -0.1) is 0 Å². The Bertz CT molecular complexity index is 580. The molecule has 0 N–H and O–H groups in total. The van der Waals surface area contributed by atoms with Crippen molar-refractivity contribution in [1.29, 1.82) is 0 Å². The Balaban J connectivity index is 1.99. The van der Waals surface area contributed by atoms with E-state index >= 15 is 0 Å². The quantitative estimate of drug-likeness (QED) is 0.650. The van der Waals surface area contributed by atoms with Gasteiger partial charge >= 0.3 is 6.09 Å². The lowest BCUT2D eigenvalue weighted by Gasteiger charge is -2.36. The van der Waals surface area contributed by atoms with Gasteiger partial charge in [-0.1, -0.05) is 20.8 Å². The predicted molar refractivity (Wildman–Crippen MR) is 103 cm³/mol. The number of amides is 1. The molecular formula is C19H31NO4Si. The Morgan fingerprint density at radius 3 is 2.44 bits per heavy atom. The topological polar surface area (TPSA) is 48.0 Å². The van der Waals surface area contributed by atoms with Crippen LogP contribution in [0.2, 0.25) is 18.1 Å². The molecule has 1 fully saturated rings. The number of hydrogen-bond donors (Lipinski definition) is 0. The summed E-state index contributed by atoms with van der Waals surface area (Å²) in [7, 11) is -1.77. The molecule has 0 radical (unpaired) electrons. The summed E-state index contributed by atoms with van der Waals surface area (Å²) in [6, 6.07) is 7.58. The van der Waals surface area contributed by atoms with Crippen molar-refractivity contribution in [3.05, 3.63) is 24.3 Å². The van der Waals surface area contributed by atoms with E-state index in [1.54, 1.807) is 4.90 Å². The molecule has 2 rings (SSSR count). The van der Waals surface area contributed by atoms with Gasteiger partial charge in [0.05, 0.1) is 12.6 Å². The van der Waals surface area contributed by atoms with Crippen LogP contribution in [0.1, 0.15) is 34.1 Å². The van der Waals surface area contributed by atoms with Gasteiger partial charge in [0.2, 0.25) is 0 Å². The smallest absolute Gasteiger partial charge is 0.414 e. The fourth-order valence-electron chi connectivity index (χ4n) is 2.53. The van der Waals surface area contributed by atoms with Gasteiger partial charge in [0.1, 0.15) is 12.4 Å². The third kappa shape index (κ3) is 4.76. The Morgan fingerprint density at radius 2 is 1.88 bits per heavy atom. The summed E-state index contributed by atoms with van der Waals surface area (Å²) >= 11 is 0. The first-order chi connectivity index (χ1) is 11.7. The summed E-state index contributed by atoms with van der Waals surface area (Å²) in [5, 5.41) is 0.184. The van der Waals surface area contributed by atoms with Gasteiger partial charge in [-0.25, -0.2) is 4.79 Å². The molecule has 0 bridgehead atoms. The Kier molecular flexibility index (Phi) is 6.16. The van der Waals surface area contributed by atoms with E-state index in [0.717, 1.165) is 17.9 Å². The third-order valence-electron chi connectivity index (χ3n) is 5.11.